The van der Waals surface area contributed by atoms with Crippen molar-refractivity contribution in [3.05, 3.63) is 231 Å². The number of rotatable bonds is 12. The predicted molar refractivity (Wildman–Crippen MR) is 248 cm³/mol. The van der Waals surface area contributed by atoms with Gasteiger partial charge in [-0.05, 0) is 118 Å². The van der Waals surface area contributed by atoms with Gasteiger partial charge in [-0.3, -0.25) is 15.0 Å². The van der Waals surface area contributed by atoms with Crippen LogP contribution in [0.1, 0.15) is 36.4 Å². The molecule has 4 aromatic heterocycles. The van der Waals surface area contributed by atoms with E-state index in [1.54, 1.807) is 24.7 Å². The molecule has 0 atom stereocenters. The molecule has 8 aromatic rings. The van der Waals surface area contributed by atoms with Crippen molar-refractivity contribution in [2.75, 3.05) is 0 Å². The van der Waals surface area contributed by atoms with Crippen LogP contribution in [-0.2, 0) is 0 Å². The third kappa shape index (κ3) is 8.94. The summed E-state index contributed by atoms with van der Waals surface area (Å²) >= 11 is 0. The molecule has 0 saturated heterocycles. The van der Waals surface area contributed by atoms with Crippen molar-refractivity contribution in [2.45, 2.75) is 13.8 Å². The molecule has 288 valence electrons. The van der Waals surface area contributed by atoms with Crippen LogP contribution >= 0.6 is 0 Å². The van der Waals surface area contributed by atoms with Gasteiger partial charge in [0.25, 0.3) is 0 Å². The summed E-state index contributed by atoms with van der Waals surface area (Å²) < 4.78 is 0. The van der Waals surface area contributed by atoms with Crippen molar-refractivity contribution in [3.8, 4) is 56.2 Å². The van der Waals surface area contributed by atoms with Crippen LogP contribution in [0.25, 0.3) is 78.4 Å². The zero-order valence-corrected chi connectivity index (χ0v) is 33.6. The fourth-order valence-corrected chi connectivity index (χ4v) is 7.01. The smallest absolute Gasteiger partial charge is 0.164 e. The minimum Gasteiger partial charge on any atom is -0.264 e. The Morgan fingerprint density at radius 2 is 0.933 bits per heavy atom. The van der Waals surface area contributed by atoms with Gasteiger partial charge >= 0.3 is 0 Å². The van der Waals surface area contributed by atoms with Crippen molar-refractivity contribution in [2.24, 2.45) is 0 Å². The fourth-order valence-electron chi connectivity index (χ4n) is 7.01. The van der Waals surface area contributed by atoms with Gasteiger partial charge in [-0.2, -0.15) is 0 Å². The lowest BCUT2D eigenvalue weighted by Gasteiger charge is -2.12. The summed E-state index contributed by atoms with van der Waals surface area (Å²) in [6, 6.07) is 45.4. The number of benzene rings is 4. The van der Waals surface area contributed by atoms with E-state index in [0.29, 0.717) is 17.5 Å². The molecule has 0 fully saturated rings. The maximum atomic E-state index is 5.14. The van der Waals surface area contributed by atoms with E-state index >= 15 is 0 Å². The fraction of sp³-hybridized carbons (Fsp3) is 0.0370. The first-order chi connectivity index (χ1) is 29.4. The molecule has 0 unspecified atom stereocenters. The molecule has 8 rings (SSSR count). The van der Waals surface area contributed by atoms with Gasteiger partial charge in [-0.15, -0.1) is 0 Å². The Kier molecular flexibility index (Phi) is 11.7. The van der Waals surface area contributed by atoms with Gasteiger partial charge in [-0.25, -0.2) is 15.0 Å². The highest BCUT2D eigenvalue weighted by molar-refractivity contribution is 5.87. The summed E-state index contributed by atoms with van der Waals surface area (Å²) in [7, 11) is 0. The average Bonchev–Trinajstić information content (AvgIpc) is 3.33. The Balaban J connectivity index is 1.22. The first-order valence-corrected chi connectivity index (χ1v) is 19.7. The molecule has 6 heteroatoms. The van der Waals surface area contributed by atoms with Crippen LogP contribution in [-0.4, -0.2) is 29.9 Å². The molecule has 0 aliphatic rings. The number of hydrogen-bond acceptors (Lipinski definition) is 6. The summed E-state index contributed by atoms with van der Waals surface area (Å²) in [5.41, 5.74) is 14.8. The highest BCUT2D eigenvalue weighted by Crippen LogP contribution is 2.32. The summed E-state index contributed by atoms with van der Waals surface area (Å²) in [4.78, 5) is 28.3. The van der Waals surface area contributed by atoms with Crippen LogP contribution in [0.3, 0.4) is 0 Å². The summed E-state index contributed by atoms with van der Waals surface area (Å²) in [6.07, 6.45) is 19.0. The van der Waals surface area contributed by atoms with E-state index in [-0.39, 0.29) is 0 Å². The van der Waals surface area contributed by atoms with Crippen molar-refractivity contribution in [1.82, 2.24) is 29.9 Å². The van der Waals surface area contributed by atoms with Gasteiger partial charge in [-0.1, -0.05) is 122 Å². The second-order valence-electron chi connectivity index (χ2n) is 14.3. The molecular formula is C54H42N6. The van der Waals surface area contributed by atoms with E-state index in [4.69, 9.17) is 15.0 Å². The van der Waals surface area contributed by atoms with Crippen LogP contribution in [0.4, 0.5) is 0 Å². The largest absolute Gasteiger partial charge is 0.264 e. The van der Waals surface area contributed by atoms with Crippen molar-refractivity contribution in [3.63, 3.8) is 0 Å². The van der Waals surface area contributed by atoms with Gasteiger partial charge in [0, 0.05) is 65.0 Å². The number of aromatic nitrogens is 6. The van der Waals surface area contributed by atoms with E-state index in [1.165, 1.54) is 0 Å². The van der Waals surface area contributed by atoms with Crippen LogP contribution in [0, 0.1) is 0 Å². The van der Waals surface area contributed by atoms with Crippen LogP contribution in [0.15, 0.2) is 208 Å². The van der Waals surface area contributed by atoms with Gasteiger partial charge < -0.3 is 0 Å². The maximum Gasteiger partial charge on any atom is 0.164 e. The Morgan fingerprint density at radius 1 is 0.467 bits per heavy atom. The molecule has 0 radical (unpaired) electrons. The lowest BCUT2D eigenvalue weighted by molar-refractivity contribution is 1.04. The molecule has 4 aromatic carbocycles. The second kappa shape index (κ2) is 18.1. The Labute approximate surface area is 351 Å². The van der Waals surface area contributed by atoms with Crippen molar-refractivity contribution in [1.29, 1.82) is 0 Å². The minimum absolute atomic E-state index is 0.488. The molecule has 0 bridgehead atoms. The summed E-state index contributed by atoms with van der Waals surface area (Å²) in [5, 5.41) is 0. The van der Waals surface area contributed by atoms with Crippen molar-refractivity contribution >= 4 is 22.3 Å². The van der Waals surface area contributed by atoms with E-state index in [2.05, 4.69) is 120 Å². The zero-order valence-electron chi connectivity index (χ0n) is 33.6. The molecule has 0 aliphatic heterocycles. The van der Waals surface area contributed by atoms with E-state index in [9.17, 15) is 0 Å². The Morgan fingerprint density at radius 3 is 1.50 bits per heavy atom. The van der Waals surface area contributed by atoms with Crippen LogP contribution in [0.2, 0.25) is 0 Å². The number of allylic oxidation sites excluding steroid dienone is 8. The van der Waals surface area contributed by atoms with Gasteiger partial charge in [0.2, 0.25) is 0 Å². The van der Waals surface area contributed by atoms with E-state index in [0.717, 1.165) is 83.5 Å². The molecule has 4 heterocycles. The molecule has 0 aliphatic carbocycles. The lowest BCUT2D eigenvalue weighted by atomic mass is 9.98. The lowest BCUT2D eigenvalue weighted by Crippen LogP contribution is -2.03. The molecule has 0 spiro atoms. The van der Waals surface area contributed by atoms with Crippen LogP contribution in [0.5, 0.6) is 0 Å². The van der Waals surface area contributed by atoms with E-state index < -0.39 is 0 Å². The maximum absolute atomic E-state index is 5.14. The normalized spacial score (nSPS) is 11.9. The second-order valence-corrected chi connectivity index (χ2v) is 14.3. The third-order valence-corrected chi connectivity index (χ3v) is 10.2. The van der Waals surface area contributed by atoms with Crippen LogP contribution < -0.4 is 0 Å². The highest BCUT2D eigenvalue weighted by atomic mass is 15.0. The average molecular weight is 775 g/mol. The first-order valence-electron chi connectivity index (χ1n) is 19.7. The van der Waals surface area contributed by atoms with Gasteiger partial charge in [0.15, 0.2) is 17.5 Å². The topological polar surface area (TPSA) is 77.3 Å². The first kappa shape index (κ1) is 38.9. The van der Waals surface area contributed by atoms with Gasteiger partial charge in [0.05, 0.1) is 0 Å². The number of nitrogens with zero attached hydrogens (tertiary/aromatic N) is 6. The Bertz CT molecular complexity index is 2910. The molecule has 60 heavy (non-hydrogen) atoms. The van der Waals surface area contributed by atoms with Gasteiger partial charge in [0.1, 0.15) is 0 Å². The van der Waals surface area contributed by atoms with E-state index in [1.807, 2.05) is 92.3 Å². The highest BCUT2D eigenvalue weighted by Gasteiger charge is 2.15. The molecule has 0 saturated carbocycles. The summed E-state index contributed by atoms with van der Waals surface area (Å²) in [6.45, 7) is 12.8. The number of pyridine rings is 3. The molecule has 0 N–H and O–H groups in total. The monoisotopic (exact) mass is 774 g/mol. The zero-order chi connectivity index (χ0) is 41.3. The number of hydrogen-bond donors (Lipinski definition) is 0. The SMILES string of the molecule is C=C/C(=C\C(=C)c1cccc(-c2cccnc2)c1)c1nc(-c2cccc(C(/C=C(\C)c3cccnc3)=C/C)c2)nc(-c2cccc(-c3cccc(-c4cccnc4)c3)c2)n1. The Hall–Kier alpha value is -7.96. The third-order valence-electron chi connectivity index (χ3n) is 10.2. The standard InChI is InChI=1S/C54H42N6/c1-5-39(28-38(4)49-22-11-25-55-34-49)42-15-9-20-47(32-42)53-58-52(40(6-2)29-37(3)41-14-7-18-45(30-41)50-23-12-26-56-35-50)59-54(60-53)48-21-10-17-44(33-48)43-16-8-19-46(31-43)51-24-13-27-57-36-51/h5-36H,2-3H2,1,4H3/b38-28+,39-5+,40-29+. The predicted octanol–water partition coefficient (Wildman–Crippen LogP) is 13.2. The molecule has 6 nitrogen and oxygen atoms in total. The van der Waals surface area contributed by atoms with Crippen molar-refractivity contribution < 1.29 is 0 Å². The minimum atomic E-state index is 0.488. The molecule has 0 amide bonds. The summed E-state index contributed by atoms with van der Waals surface area (Å²) in [5.74, 6) is 1.57. The quantitative estimate of drug-likeness (QED) is 0.115. The molecular weight excluding hydrogens is 733 g/mol.